The summed E-state index contributed by atoms with van der Waals surface area (Å²) >= 11 is 0. The van der Waals surface area contributed by atoms with Crippen LogP contribution in [0.2, 0.25) is 0 Å². The number of nitrogens with one attached hydrogen (secondary N) is 1. The van der Waals surface area contributed by atoms with Gasteiger partial charge in [-0.05, 0) is 30.0 Å². The second-order valence-corrected chi connectivity index (χ2v) is 4.58. The maximum atomic E-state index is 11.6. The first kappa shape index (κ1) is 11.6. The summed E-state index contributed by atoms with van der Waals surface area (Å²) in [7, 11) is 0. The Morgan fingerprint density at radius 1 is 1.35 bits per heavy atom. The molecule has 0 radical (unpaired) electrons. The predicted molar refractivity (Wildman–Crippen MR) is 63.7 cm³/mol. The summed E-state index contributed by atoms with van der Waals surface area (Å²) in [5, 5.41) is 11.5. The fourth-order valence-electron chi connectivity index (χ4n) is 1.80. The molecule has 1 aliphatic rings. The van der Waals surface area contributed by atoms with Crippen molar-refractivity contribution in [2.75, 3.05) is 5.32 Å². The smallest absolute Gasteiger partial charge is 0.307 e. The van der Waals surface area contributed by atoms with Crippen molar-refractivity contribution in [3.05, 3.63) is 29.8 Å². The lowest BCUT2D eigenvalue weighted by Crippen LogP contribution is -2.14. The van der Waals surface area contributed by atoms with Gasteiger partial charge in [0.05, 0.1) is 6.42 Å². The quantitative estimate of drug-likeness (QED) is 0.834. The molecular weight excluding hydrogens is 218 g/mol. The molecule has 0 spiro atoms. The van der Waals surface area contributed by atoms with Crippen molar-refractivity contribution < 1.29 is 14.7 Å². The van der Waals surface area contributed by atoms with Crippen molar-refractivity contribution in [2.24, 2.45) is 11.8 Å². The van der Waals surface area contributed by atoms with Gasteiger partial charge >= 0.3 is 5.97 Å². The molecule has 1 aromatic carbocycles. The van der Waals surface area contributed by atoms with Crippen LogP contribution >= 0.6 is 0 Å². The molecule has 0 heterocycles. The van der Waals surface area contributed by atoms with Gasteiger partial charge in [-0.3, -0.25) is 9.59 Å². The molecule has 0 bridgehead atoms. The second kappa shape index (κ2) is 4.57. The molecule has 1 saturated carbocycles. The van der Waals surface area contributed by atoms with E-state index in [1.807, 2.05) is 0 Å². The number of benzene rings is 1. The molecular formula is C13H15NO3. The molecule has 0 aromatic heterocycles. The Bertz CT molecular complexity index is 438. The normalized spacial score (nSPS) is 21.9. The summed E-state index contributed by atoms with van der Waals surface area (Å²) in [6.07, 6.45) is 0.969. The third kappa shape index (κ3) is 3.06. The van der Waals surface area contributed by atoms with Crippen LogP contribution in [0.25, 0.3) is 0 Å². The molecule has 2 rings (SSSR count). The third-order valence-corrected chi connectivity index (χ3v) is 3.02. The number of hydrogen-bond acceptors (Lipinski definition) is 2. The minimum absolute atomic E-state index is 0.00782. The number of carboxylic acids is 1. The lowest BCUT2D eigenvalue weighted by molar-refractivity contribution is -0.136. The first-order valence-corrected chi connectivity index (χ1v) is 5.68. The summed E-state index contributed by atoms with van der Waals surface area (Å²) in [5.74, 6) is -0.160. The molecule has 4 heteroatoms. The van der Waals surface area contributed by atoms with E-state index in [1.165, 1.54) is 0 Å². The van der Waals surface area contributed by atoms with Crippen LogP contribution < -0.4 is 5.32 Å². The number of anilines is 1. The predicted octanol–water partition coefficient (Wildman–Crippen LogP) is 1.91. The molecule has 17 heavy (non-hydrogen) atoms. The van der Waals surface area contributed by atoms with Gasteiger partial charge in [0.15, 0.2) is 0 Å². The third-order valence-electron chi connectivity index (χ3n) is 3.02. The molecule has 0 aliphatic heterocycles. The lowest BCUT2D eigenvalue weighted by atomic mass is 10.1. The van der Waals surface area contributed by atoms with Gasteiger partial charge in [0.25, 0.3) is 0 Å². The fourth-order valence-corrected chi connectivity index (χ4v) is 1.80. The van der Waals surface area contributed by atoms with Gasteiger partial charge in [0.2, 0.25) is 5.91 Å². The van der Waals surface area contributed by atoms with Gasteiger partial charge in [-0.15, -0.1) is 0 Å². The summed E-state index contributed by atoms with van der Waals surface area (Å²) in [4.78, 5) is 22.1. The Morgan fingerprint density at radius 2 is 1.94 bits per heavy atom. The highest BCUT2D eigenvalue weighted by Crippen LogP contribution is 2.38. The highest BCUT2D eigenvalue weighted by Gasteiger charge is 2.38. The van der Waals surface area contributed by atoms with Gasteiger partial charge in [0, 0.05) is 11.6 Å². The molecule has 1 aromatic rings. The molecule has 0 saturated heterocycles. The van der Waals surface area contributed by atoms with Crippen LogP contribution in [0.15, 0.2) is 24.3 Å². The number of amides is 1. The lowest BCUT2D eigenvalue weighted by Gasteiger charge is -2.05. The number of carbonyl (C=O) groups is 2. The molecule has 90 valence electrons. The van der Waals surface area contributed by atoms with Crippen molar-refractivity contribution in [1.29, 1.82) is 0 Å². The van der Waals surface area contributed by atoms with Crippen LogP contribution in [0.4, 0.5) is 5.69 Å². The van der Waals surface area contributed by atoms with Crippen LogP contribution in [0.3, 0.4) is 0 Å². The number of aliphatic carboxylic acids is 1. The summed E-state index contributed by atoms with van der Waals surface area (Å²) < 4.78 is 0. The topological polar surface area (TPSA) is 66.4 Å². The van der Waals surface area contributed by atoms with E-state index in [2.05, 4.69) is 12.2 Å². The largest absolute Gasteiger partial charge is 0.481 e. The number of hydrogen-bond donors (Lipinski definition) is 2. The van der Waals surface area contributed by atoms with Crippen LogP contribution in [0.1, 0.15) is 18.9 Å². The zero-order valence-electron chi connectivity index (χ0n) is 9.64. The summed E-state index contributed by atoms with van der Waals surface area (Å²) in [6.45, 7) is 2.06. The van der Waals surface area contributed by atoms with E-state index in [-0.39, 0.29) is 18.2 Å². The van der Waals surface area contributed by atoms with Crippen molar-refractivity contribution in [3.63, 3.8) is 0 Å². The van der Waals surface area contributed by atoms with Gasteiger partial charge < -0.3 is 10.4 Å². The van der Waals surface area contributed by atoms with E-state index in [1.54, 1.807) is 24.3 Å². The van der Waals surface area contributed by atoms with Crippen molar-refractivity contribution in [1.82, 2.24) is 0 Å². The van der Waals surface area contributed by atoms with Gasteiger partial charge in [0.1, 0.15) is 0 Å². The molecule has 2 N–H and O–H groups in total. The van der Waals surface area contributed by atoms with E-state index in [0.29, 0.717) is 5.92 Å². The highest BCUT2D eigenvalue weighted by atomic mass is 16.4. The summed E-state index contributed by atoms with van der Waals surface area (Å²) in [6, 6.07) is 6.92. The van der Waals surface area contributed by atoms with E-state index in [9.17, 15) is 9.59 Å². The highest BCUT2D eigenvalue weighted by molar-refractivity contribution is 5.94. The SMILES string of the molecule is CC1CC1C(=O)Nc1ccc(CC(=O)O)cc1. The van der Waals surface area contributed by atoms with Gasteiger partial charge in [-0.1, -0.05) is 19.1 Å². The standard InChI is InChI=1S/C13H15NO3/c1-8-6-11(8)13(17)14-10-4-2-9(3-5-10)7-12(15)16/h2-5,8,11H,6-7H2,1H3,(H,14,17)(H,15,16). The Balaban J connectivity index is 1.93. The van der Waals surface area contributed by atoms with E-state index in [0.717, 1.165) is 17.7 Å². The van der Waals surface area contributed by atoms with Crippen molar-refractivity contribution >= 4 is 17.6 Å². The fraction of sp³-hybridized carbons (Fsp3) is 0.385. The molecule has 1 amide bonds. The maximum Gasteiger partial charge on any atom is 0.307 e. The zero-order chi connectivity index (χ0) is 12.4. The Morgan fingerprint density at radius 3 is 2.41 bits per heavy atom. The van der Waals surface area contributed by atoms with Crippen molar-refractivity contribution in [3.8, 4) is 0 Å². The average molecular weight is 233 g/mol. The Labute approximate surface area is 99.6 Å². The van der Waals surface area contributed by atoms with Crippen LogP contribution in [0, 0.1) is 11.8 Å². The number of carboxylic acid groups (broad SMARTS) is 1. The minimum Gasteiger partial charge on any atom is -0.481 e. The molecule has 1 fully saturated rings. The zero-order valence-corrected chi connectivity index (χ0v) is 9.64. The summed E-state index contributed by atoms with van der Waals surface area (Å²) in [5.41, 5.74) is 1.46. The van der Waals surface area contributed by atoms with Crippen LogP contribution in [0.5, 0.6) is 0 Å². The van der Waals surface area contributed by atoms with E-state index >= 15 is 0 Å². The number of rotatable bonds is 4. The monoisotopic (exact) mass is 233 g/mol. The van der Waals surface area contributed by atoms with E-state index < -0.39 is 5.97 Å². The van der Waals surface area contributed by atoms with E-state index in [4.69, 9.17) is 5.11 Å². The first-order chi connectivity index (χ1) is 8.06. The molecule has 4 nitrogen and oxygen atoms in total. The van der Waals surface area contributed by atoms with Crippen LogP contribution in [-0.4, -0.2) is 17.0 Å². The van der Waals surface area contributed by atoms with Crippen LogP contribution in [-0.2, 0) is 16.0 Å². The maximum absolute atomic E-state index is 11.6. The van der Waals surface area contributed by atoms with Crippen molar-refractivity contribution in [2.45, 2.75) is 19.8 Å². The Kier molecular flexibility index (Phi) is 3.13. The van der Waals surface area contributed by atoms with Gasteiger partial charge in [-0.2, -0.15) is 0 Å². The molecule has 2 atom stereocenters. The number of carbonyl (C=O) groups excluding carboxylic acids is 1. The second-order valence-electron chi connectivity index (χ2n) is 4.58. The molecule has 2 unspecified atom stereocenters. The average Bonchev–Trinajstić information content (AvgIpc) is 2.98. The molecule has 1 aliphatic carbocycles. The Hall–Kier alpha value is -1.84. The minimum atomic E-state index is -0.853. The first-order valence-electron chi connectivity index (χ1n) is 5.68. The van der Waals surface area contributed by atoms with Gasteiger partial charge in [-0.25, -0.2) is 0 Å².